The number of thiophene rings is 1. The van der Waals surface area contributed by atoms with Gasteiger partial charge in [0.15, 0.2) is 0 Å². The van der Waals surface area contributed by atoms with Crippen LogP contribution in [-0.2, 0) is 12.8 Å². The van der Waals surface area contributed by atoms with E-state index in [0.717, 1.165) is 24.1 Å². The molecule has 0 aliphatic heterocycles. The minimum atomic E-state index is 0.0365. The zero-order chi connectivity index (χ0) is 14.1. The Morgan fingerprint density at radius 2 is 1.80 bits per heavy atom. The van der Waals surface area contributed by atoms with Crippen LogP contribution in [0.2, 0.25) is 0 Å². The van der Waals surface area contributed by atoms with Crippen molar-refractivity contribution in [3.63, 3.8) is 0 Å². The fourth-order valence-electron chi connectivity index (χ4n) is 2.93. The third-order valence-corrected chi connectivity index (χ3v) is 4.87. The van der Waals surface area contributed by atoms with Gasteiger partial charge in [-0.3, -0.25) is 4.79 Å². The highest BCUT2D eigenvalue weighted by molar-refractivity contribution is 7.10. The molecule has 3 rings (SSSR count). The molecule has 1 heterocycles. The van der Waals surface area contributed by atoms with Gasteiger partial charge in [0.2, 0.25) is 0 Å². The number of hydrogen-bond acceptors (Lipinski definition) is 2. The zero-order valence-corrected chi connectivity index (χ0v) is 12.8. The van der Waals surface area contributed by atoms with Crippen LogP contribution in [0, 0.1) is 13.8 Å². The minimum Gasteiger partial charge on any atom is -0.322 e. The molecule has 0 saturated carbocycles. The summed E-state index contributed by atoms with van der Waals surface area (Å²) in [7, 11) is 0. The van der Waals surface area contributed by atoms with E-state index in [1.54, 1.807) is 11.3 Å². The molecule has 1 aromatic carbocycles. The van der Waals surface area contributed by atoms with E-state index in [4.69, 9.17) is 0 Å². The van der Waals surface area contributed by atoms with E-state index in [-0.39, 0.29) is 5.91 Å². The van der Waals surface area contributed by atoms with Crippen molar-refractivity contribution in [2.24, 2.45) is 0 Å². The van der Waals surface area contributed by atoms with Gasteiger partial charge in [-0.1, -0.05) is 6.07 Å². The van der Waals surface area contributed by atoms with Crippen LogP contribution in [0.25, 0.3) is 0 Å². The second-order valence-electron chi connectivity index (χ2n) is 5.59. The van der Waals surface area contributed by atoms with Crippen molar-refractivity contribution < 1.29 is 4.79 Å². The predicted molar refractivity (Wildman–Crippen MR) is 84.8 cm³/mol. The molecule has 1 aliphatic rings. The second-order valence-corrected chi connectivity index (χ2v) is 6.55. The monoisotopic (exact) mass is 285 g/mol. The Kier molecular flexibility index (Phi) is 3.62. The molecule has 20 heavy (non-hydrogen) atoms. The highest BCUT2D eigenvalue weighted by Crippen LogP contribution is 2.30. The van der Waals surface area contributed by atoms with E-state index in [1.807, 2.05) is 17.5 Å². The van der Waals surface area contributed by atoms with E-state index in [0.29, 0.717) is 0 Å². The summed E-state index contributed by atoms with van der Waals surface area (Å²) in [5.74, 6) is 0.0365. The van der Waals surface area contributed by atoms with Crippen molar-refractivity contribution in [1.29, 1.82) is 0 Å². The first-order chi connectivity index (χ1) is 9.63. The summed E-state index contributed by atoms with van der Waals surface area (Å²) in [4.78, 5) is 13.9. The van der Waals surface area contributed by atoms with E-state index in [1.165, 1.54) is 34.4 Å². The highest BCUT2D eigenvalue weighted by atomic mass is 32.1. The van der Waals surface area contributed by atoms with Crippen LogP contribution in [0.3, 0.4) is 0 Å². The molecule has 0 fully saturated rings. The van der Waals surface area contributed by atoms with E-state index < -0.39 is 0 Å². The van der Waals surface area contributed by atoms with Gasteiger partial charge in [-0.05, 0) is 68.4 Å². The summed E-state index contributed by atoms with van der Waals surface area (Å²) < 4.78 is 0. The Morgan fingerprint density at radius 3 is 2.55 bits per heavy atom. The smallest absolute Gasteiger partial charge is 0.256 e. The fourth-order valence-corrected chi connectivity index (χ4v) is 4.06. The molecule has 2 aromatic rings. The van der Waals surface area contributed by atoms with Gasteiger partial charge >= 0.3 is 0 Å². The maximum Gasteiger partial charge on any atom is 0.256 e. The lowest BCUT2D eigenvalue weighted by Gasteiger charge is -2.13. The molecule has 104 valence electrons. The number of carbonyl (C=O) groups excluding carboxylic acids is 1. The Balaban J connectivity index is 1.84. The Hall–Kier alpha value is -1.61. The average Bonchev–Trinajstić information content (AvgIpc) is 2.81. The Bertz CT molecular complexity index is 637. The summed E-state index contributed by atoms with van der Waals surface area (Å²) in [6, 6.07) is 6.15. The molecule has 0 saturated heterocycles. The lowest BCUT2D eigenvalue weighted by Crippen LogP contribution is -2.14. The Morgan fingerprint density at radius 1 is 1.10 bits per heavy atom. The van der Waals surface area contributed by atoms with E-state index >= 15 is 0 Å². The van der Waals surface area contributed by atoms with Gasteiger partial charge in [0.1, 0.15) is 0 Å². The van der Waals surface area contributed by atoms with Gasteiger partial charge < -0.3 is 5.32 Å². The van der Waals surface area contributed by atoms with Crippen LogP contribution in [0.15, 0.2) is 23.6 Å². The summed E-state index contributed by atoms with van der Waals surface area (Å²) in [6.45, 7) is 4.10. The number of anilines is 1. The third kappa shape index (κ3) is 2.63. The molecule has 1 amide bonds. The summed E-state index contributed by atoms with van der Waals surface area (Å²) in [5.41, 5.74) is 5.40. The lowest BCUT2D eigenvalue weighted by atomic mass is 9.95. The molecule has 2 nitrogen and oxygen atoms in total. The number of amides is 1. The zero-order valence-electron chi connectivity index (χ0n) is 12.0. The number of nitrogens with one attached hydrogen (secondary N) is 1. The molecule has 3 heteroatoms. The maximum absolute atomic E-state index is 12.5. The molecule has 1 aliphatic carbocycles. The number of rotatable bonds is 2. The van der Waals surface area contributed by atoms with Gasteiger partial charge in [-0.15, -0.1) is 11.3 Å². The van der Waals surface area contributed by atoms with Crippen molar-refractivity contribution in [1.82, 2.24) is 0 Å². The van der Waals surface area contributed by atoms with Crippen LogP contribution < -0.4 is 5.32 Å². The standard InChI is InChI=1S/C17H19NOS/c1-11-7-12(2)9-13(8-11)18-17(19)15-10-20-16-6-4-3-5-14(15)16/h7-10H,3-6H2,1-2H3,(H,18,19). The van der Waals surface area contributed by atoms with E-state index in [2.05, 4.69) is 25.2 Å². The van der Waals surface area contributed by atoms with E-state index in [9.17, 15) is 4.79 Å². The topological polar surface area (TPSA) is 29.1 Å². The first-order valence-electron chi connectivity index (χ1n) is 7.12. The van der Waals surface area contributed by atoms with Gasteiger partial charge in [0.25, 0.3) is 5.91 Å². The molecule has 0 atom stereocenters. The summed E-state index contributed by atoms with van der Waals surface area (Å²) in [6.07, 6.45) is 4.64. The first-order valence-corrected chi connectivity index (χ1v) is 8.00. The molecule has 1 aromatic heterocycles. The van der Waals surface area contributed by atoms with Crippen LogP contribution in [0.5, 0.6) is 0 Å². The molecule has 0 spiro atoms. The maximum atomic E-state index is 12.5. The van der Waals surface area contributed by atoms with Crippen LogP contribution in [0.4, 0.5) is 5.69 Å². The molecule has 0 unspecified atom stereocenters. The molecule has 0 radical (unpaired) electrons. The Labute approximate surface area is 123 Å². The van der Waals surface area contributed by atoms with Crippen LogP contribution in [0.1, 0.15) is 44.8 Å². The average molecular weight is 285 g/mol. The number of carbonyl (C=O) groups is 1. The van der Waals surface area contributed by atoms with Crippen LogP contribution in [-0.4, -0.2) is 5.91 Å². The molecule has 1 N–H and O–H groups in total. The highest BCUT2D eigenvalue weighted by Gasteiger charge is 2.20. The van der Waals surface area contributed by atoms with Gasteiger partial charge in [0, 0.05) is 15.9 Å². The molecular weight excluding hydrogens is 266 g/mol. The van der Waals surface area contributed by atoms with Crippen LogP contribution >= 0.6 is 11.3 Å². The van der Waals surface area contributed by atoms with Gasteiger partial charge in [-0.2, -0.15) is 0 Å². The van der Waals surface area contributed by atoms with Gasteiger partial charge in [0.05, 0.1) is 5.56 Å². The third-order valence-electron chi connectivity index (χ3n) is 3.79. The normalized spacial score (nSPS) is 13.9. The molecular formula is C17H19NOS. The number of benzene rings is 1. The van der Waals surface area contributed by atoms with Crippen molar-refractivity contribution in [2.75, 3.05) is 5.32 Å². The first kappa shape index (κ1) is 13.4. The molecule has 0 bridgehead atoms. The van der Waals surface area contributed by atoms with Crippen molar-refractivity contribution in [3.8, 4) is 0 Å². The largest absolute Gasteiger partial charge is 0.322 e. The van der Waals surface area contributed by atoms with Gasteiger partial charge in [-0.25, -0.2) is 0 Å². The predicted octanol–water partition coefficient (Wildman–Crippen LogP) is 4.50. The minimum absolute atomic E-state index is 0.0365. The van der Waals surface area contributed by atoms with Crippen molar-refractivity contribution in [3.05, 3.63) is 50.7 Å². The summed E-state index contributed by atoms with van der Waals surface area (Å²) in [5, 5.41) is 5.07. The van der Waals surface area contributed by atoms with Crippen molar-refractivity contribution >= 4 is 22.9 Å². The number of hydrogen-bond donors (Lipinski definition) is 1. The number of aryl methyl sites for hydroxylation is 3. The quantitative estimate of drug-likeness (QED) is 0.865. The lowest BCUT2D eigenvalue weighted by molar-refractivity contribution is 0.102. The second kappa shape index (κ2) is 5.41. The summed E-state index contributed by atoms with van der Waals surface area (Å²) >= 11 is 1.74. The van der Waals surface area contributed by atoms with Crippen molar-refractivity contribution in [2.45, 2.75) is 39.5 Å². The fraction of sp³-hybridized carbons (Fsp3) is 0.353. The SMILES string of the molecule is Cc1cc(C)cc(NC(=O)c2csc3c2CCCC3)c1. The number of fused-ring (bicyclic) bond motifs is 1.